The first kappa shape index (κ1) is 13.1. The Labute approximate surface area is 94.7 Å². The lowest BCUT2D eigenvalue weighted by Gasteiger charge is -2.15. The number of nitrogens with one attached hydrogen (secondary N) is 1. The zero-order valence-electron chi connectivity index (χ0n) is 8.98. The van der Waals surface area contributed by atoms with E-state index in [0.29, 0.717) is 6.42 Å². The number of sulfonamides is 1. The summed E-state index contributed by atoms with van der Waals surface area (Å²) in [6.45, 7) is 1.99. The monoisotopic (exact) mass is 246 g/mol. The van der Waals surface area contributed by atoms with Gasteiger partial charge in [-0.2, -0.15) is 0 Å². The molecule has 3 N–H and O–H groups in total. The molecule has 1 aromatic carbocycles. The van der Waals surface area contributed by atoms with E-state index in [0.717, 1.165) is 6.07 Å². The van der Waals surface area contributed by atoms with Gasteiger partial charge in [0.25, 0.3) is 0 Å². The minimum absolute atomic E-state index is 0.185. The van der Waals surface area contributed by atoms with Crippen molar-refractivity contribution in [3.8, 4) is 0 Å². The van der Waals surface area contributed by atoms with Crippen molar-refractivity contribution in [3.05, 3.63) is 30.1 Å². The van der Waals surface area contributed by atoms with Crippen molar-refractivity contribution in [1.29, 1.82) is 0 Å². The second kappa shape index (κ2) is 5.38. The lowest BCUT2D eigenvalue weighted by molar-refractivity contribution is 0.530. The van der Waals surface area contributed by atoms with Crippen LogP contribution in [0.15, 0.2) is 29.2 Å². The van der Waals surface area contributed by atoms with Gasteiger partial charge in [0.05, 0.1) is 0 Å². The summed E-state index contributed by atoms with van der Waals surface area (Å²) >= 11 is 0. The first-order valence-corrected chi connectivity index (χ1v) is 6.46. The third kappa shape index (κ3) is 3.01. The van der Waals surface area contributed by atoms with Crippen LogP contribution in [0.1, 0.15) is 13.3 Å². The predicted molar refractivity (Wildman–Crippen MR) is 59.9 cm³/mol. The first-order chi connectivity index (χ1) is 7.51. The van der Waals surface area contributed by atoms with Crippen LogP contribution in [0.2, 0.25) is 0 Å². The van der Waals surface area contributed by atoms with Gasteiger partial charge in [0.2, 0.25) is 10.0 Å². The molecule has 16 heavy (non-hydrogen) atoms. The molecule has 0 amide bonds. The summed E-state index contributed by atoms with van der Waals surface area (Å²) in [5.74, 6) is -0.762. The van der Waals surface area contributed by atoms with E-state index < -0.39 is 15.8 Å². The molecule has 0 aromatic heterocycles. The second-order valence-electron chi connectivity index (χ2n) is 3.39. The number of rotatable bonds is 5. The Morgan fingerprint density at radius 1 is 1.44 bits per heavy atom. The van der Waals surface area contributed by atoms with E-state index in [4.69, 9.17) is 5.73 Å². The highest BCUT2D eigenvalue weighted by Gasteiger charge is 2.21. The lowest BCUT2D eigenvalue weighted by atomic mass is 10.2. The Hall–Kier alpha value is -0.980. The van der Waals surface area contributed by atoms with E-state index in [9.17, 15) is 12.8 Å². The third-order valence-electron chi connectivity index (χ3n) is 2.23. The largest absolute Gasteiger partial charge is 0.329 e. The molecule has 6 heteroatoms. The van der Waals surface area contributed by atoms with E-state index in [1.54, 1.807) is 6.92 Å². The summed E-state index contributed by atoms with van der Waals surface area (Å²) in [5.41, 5.74) is 5.39. The Bertz CT molecular complexity index is 444. The van der Waals surface area contributed by atoms with Crippen LogP contribution < -0.4 is 10.5 Å². The van der Waals surface area contributed by atoms with Gasteiger partial charge in [0.1, 0.15) is 10.7 Å². The number of hydrogen-bond acceptors (Lipinski definition) is 3. The van der Waals surface area contributed by atoms with Gasteiger partial charge in [-0.05, 0) is 18.6 Å². The zero-order valence-corrected chi connectivity index (χ0v) is 9.80. The summed E-state index contributed by atoms with van der Waals surface area (Å²) in [4.78, 5) is -0.345. The molecule has 0 aliphatic carbocycles. The standard InChI is InChI=1S/C10H15FN2O2S/c1-2-8(7-12)13-16(14,15)10-6-4-3-5-9(10)11/h3-6,8,13H,2,7,12H2,1H3. The van der Waals surface area contributed by atoms with E-state index in [2.05, 4.69) is 4.72 Å². The fourth-order valence-corrected chi connectivity index (χ4v) is 2.65. The SMILES string of the molecule is CCC(CN)NS(=O)(=O)c1ccccc1F. The minimum Gasteiger partial charge on any atom is -0.329 e. The van der Waals surface area contributed by atoms with Crippen LogP contribution >= 0.6 is 0 Å². The van der Waals surface area contributed by atoms with Gasteiger partial charge >= 0.3 is 0 Å². The van der Waals surface area contributed by atoms with Crippen LogP contribution in [-0.4, -0.2) is 21.0 Å². The Morgan fingerprint density at radius 2 is 2.06 bits per heavy atom. The van der Waals surface area contributed by atoms with E-state index in [-0.39, 0.29) is 17.5 Å². The zero-order chi connectivity index (χ0) is 12.2. The van der Waals surface area contributed by atoms with E-state index >= 15 is 0 Å². The van der Waals surface area contributed by atoms with Crippen molar-refractivity contribution in [2.75, 3.05) is 6.54 Å². The van der Waals surface area contributed by atoms with Crippen LogP contribution in [0.4, 0.5) is 4.39 Å². The molecule has 0 radical (unpaired) electrons. The summed E-state index contributed by atoms with van der Waals surface area (Å²) in [6.07, 6.45) is 0.560. The van der Waals surface area contributed by atoms with Gasteiger partial charge in [-0.25, -0.2) is 17.5 Å². The fourth-order valence-electron chi connectivity index (χ4n) is 1.24. The summed E-state index contributed by atoms with van der Waals surface area (Å²) in [7, 11) is -3.82. The maximum absolute atomic E-state index is 13.3. The van der Waals surface area contributed by atoms with Crippen molar-refractivity contribution >= 4 is 10.0 Å². The molecule has 0 heterocycles. The Balaban J connectivity index is 2.99. The molecule has 0 saturated heterocycles. The Kier molecular flexibility index (Phi) is 4.40. The molecule has 4 nitrogen and oxygen atoms in total. The molecule has 1 aromatic rings. The highest BCUT2D eigenvalue weighted by molar-refractivity contribution is 7.89. The smallest absolute Gasteiger partial charge is 0.243 e. The molecule has 0 fully saturated rings. The number of hydrogen-bond donors (Lipinski definition) is 2. The van der Waals surface area contributed by atoms with Crippen LogP contribution in [0.25, 0.3) is 0 Å². The maximum Gasteiger partial charge on any atom is 0.243 e. The van der Waals surface area contributed by atoms with Gasteiger partial charge in [-0.3, -0.25) is 0 Å². The van der Waals surface area contributed by atoms with Crippen molar-refractivity contribution in [1.82, 2.24) is 4.72 Å². The van der Waals surface area contributed by atoms with Gasteiger partial charge in [-0.1, -0.05) is 19.1 Å². The van der Waals surface area contributed by atoms with Crippen LogP contribution in [0.3, 0.4) is 0 Å². The number of benzene rings is 1. The first-order valence-electron chi connectivity index (χ1n) is 4.98. The molecule has 0 aliphatic rings. The van der Waals surface area contributed by atoms with Crippen molar-refractivity contribution in [2.24, 2.45) is 5.73 Å². The molecule has 0 aliphatic heterocycles. The van der Waals surface area contributed by atoms with E-state index in [1.807, 2.05) is 0 Å². The third-order valence-corrected chi connectivity index (χ3v) is 3.78. The highest BCUT2D eigenvalue weighted by atomic mass is 32.2. The average molecular weight is 246 g/mol. The van der Waals surface area contributed by atoms with Crippen LogP contribution in [0.5, 0.6) is 0 Å². The average Bonchev–Trinajstić information content (AvgIpc) is 2.26. The molecular formula is C10H15FN2O2S. The van der Waals surface area contributed by atoms with Crippen molar-refractivity contribution < 1.29 is 12.8 Å². The summed E-state index contributed by atoms with van der Waals surface area (Å²) in [6, 6.07) is 4.87. The molecule has 0 saturated carbocycles. The van der Waals surface area contributed by atoms with Gasteiger partial charge in [-0.15, -0.1) is 0 Å². The van der Waals surface area contributed by atoms with Crippen LogP contribution in [-0.2, 0) is 10.0 Å². The number of nitrogens with two attached hydrogens (primary N) is 1. The molecule has 90 valence electrons. The number of halogens is 1. The topological polar surface area (TPSA) is 72.2 Å². The molecule has 1 atom stereocenters. The molecule has 0 bridgehead atoms. The molecule has 1 unspecified atom stereocenters. The summed E-state index contributed by atoms with van der Waals surface area (Å²) < 4.78 is 39.2. The quantitative estimate of drug-likeness (QED) is 0.808. The van der Waals surface area contributed by atoms with Crippen molar-refractivity contribution in [2.45, 2.75) is 24.3 Å². The molecule has 0 spiro atoms. The fraction of sp³-hybridized carbons (Fsp3) is 0.400. The summed E-state index contributed by atoms with van der Waals surface area (Å²) in [5, 5.41) is 0. The molecule has 1 rings (SSSR count). The van der Waals surface area contributed by atoms with Crippen LogP contribution in [0, 0.1) is 5.82 Å². The minimum atomic E-state index is -3.82. The molecular weight excluding hydrogens is 231 g/mol. The lowest BCUT2D eigenvalue weighted by Crippen LogP contribution is -2.39. The highest BCUT2D eigenvalue weighted by Crippen LogP contribution is 2.13. The van der Waals surface area contributed by atoms with Gasteiger partial charge in [0, 0.05) is 12.6 Å². The van der Waals surface area contributed by atoms with Gasteiger partial charge < -0.3 is 5.73 Å². The Morgan fingerprint density at radius 3 is 2.56 bits per heavy atom. The predicted octanol–water partition coefficient (Wildman–Crippen LogP) is 0.841. The second-order valence-corrected chi connectivity index (χ2v) is 5.07. The van der Waals surface area contributed by atoms with Gasteiger partial charge in [0.15, 0.2) is 0 Å². The normalized spacial score (nSPS) is 13.7. The van der Waals surface area contributed by atoms with E-state index in [1.165, 1.54) is 18.2 Å². The maximum atomic E-state index is 13.3. The van der Waals surface area contributed by atoms with Crippen molar-refractivity contribution in [3.63, 3.8) is 0 Å².